The van der Waals surface area contributed by atoms with Gasteiger partial charge < -0.3 is 4.90 Å². The van der Waals surface area contributed by atoms with E-state index < -0.39 is 0 Å². The van der Waals surface area contributed by atoms with Crippen molar-refractivity contribution in [2.24, 2.45) is 0 Å². The molecule has 18 heavy (non-hydrogen) atoms. The second-order valence-corrected chi connectivity index (χ2v) is 5.62. The highest BCUT2D eigenvalue weighted by atomic mass is 15.1. The van der Waals surface area contributed by atoms with E-state index in [4.69, 9.17) is 0 Å². The molecule has 1 heteroatoms. The van der Waals surface area contributed by atoms with Crippen molar-refractivity contribution in [3.05, 3.63) is 0 Å². The normalized spacial score (nSPS) is 11.3. The average molecular weight is 255 g/mol. The van der Waals surface area contributed by atoms with Crippen molar-refractivity contribution in [1.29, 1.82) is 0 Å². The summed E-state index contributed by atoms with van der Waals surface area (Å²) in [6, 6.07) is 0. The van der Waals surface area contributed by atoms with Gasteiger partial charge in [-0.25, -0.2) is 0 Å². The zero-order chi connectivity index (χ0) is 13.5. The average Bonchev–Trinajstić information content (AvgIpc) is 2.40. The van der Waals surface area contributed by atoms with Crippen LogP contribution in [-0.4, -0.2) is 24.5 Å². The Hall–Kier alpha value is -0.0400. The van der Waals surface area contributed by atoms with Crippen molar-refractivity contribution in [3.8, 4) is 0 Å². The Morgan fingerprint density at radius 1 is 0.500 bits per heavy atom. The fraction of sp³-hybridized carbons (Fsp3) is 1.00. The van der Waals surface area contributed by atoms with Crippen LogP contribution in [0.2, 0.25) is 0 Å². The zero-order valence-corrected chi connectivity index (χ0v) is 13.3. The Kier molecular flexibility index (Phi) is 15.0. The molecule has 0 atom stereocenters. The minimum absolute atomic E-state index is 1.24. The summed E-state index contributed by atoms with van der Waals surface area (Å²) in [5.41, 5.74) is 0. The number of hydrogen-bond donors (Lipinski definition) is 0. The van der Waals surface area contributed by atoms with Gasteiger partial charge in [0.2, 0.25) is 0 Å². The molecule has 0 aromatic rings. The van der Waals surface area contributed by atoms with E-state index in [0.717, 1.165) is 0 Å². The van der Waals surface area contributed by atoms with Crippen LogP contribution in [-0.2, 0) is 0 Å². The van der Waals surface area contributed by atoms with Crippen LogP contribution in [0.5, 0.6) is 0 Å². The molecule has 0 saturated carbocycles. The van der Waals surface area contributed by atoms with Crippen LogP contribution in [0.15, 0.2) is 0 Å². The fourth-order valence-electron chi connectivity index (χ4n) is 2.48. The van der Waals surface area contributed by atoms with Gasteiger partial charge in [-0.3, -0.25) is 0 Å². The highest BCUT2D eigenvalue weighted by Crippen LogP contribution is 2.07. The van der Waals surface area contributed by atoms with Gasteiger partial charge in [0.25, 0.3) is 0 Å². The minimum atomic E-state index is 1.24. The topological polar surface area (TPSA) is 3.24 Å². The highest BCUT2D eigenvalue weighted by Gasteiger charge is 2.01. The summed E-state index contributed by atoms with van der Waals surface area (Å²) >= 11 is 0. The molecular weight excluding hydrogens is 218 g/mol. The van der Waals surface area contributed by atoms with Gasteiger partial charge in [-0.2, -0.15) is 0 Å². The van der Waals surface area contributed by atoms with Crippen LogP contribution in [0.3, 0.4) is 0 Å². The lowest BCUT2D eigenvalue weighted by atomic mass is 10.1. The number of nitrogens with zero attached hydrogens (tertiary/aromatic N) is 1. The Morgan fingerprint density at radius 3 is 1.28 bits per heavy atom. The predicted molar refractivity (Wildman–Crippen MR) is 84.2 cm³/mol. The molecule has 0 aliphatic rings. The summed E-state index contributed by atoms with van der Waals surface area (Å²) in [7, 11) is 0. The minimum Gasteiger partial charge on any atom is -0.304 e. The lowest BCUT2D eigenvalue weighted by Crippen LogP contribution is -2.25. The largest absolute Gasteiger partial charge is 0.304 e. The van der Waals surface area contributed by atoms with Crippen LogP contribution < -0.4 is 0 Å². The Labute approximate surface area is 116 Å². The summed E-state index contributed by atoms with van der Waals surface area (Å²) in [5.74, 6) is 0. The van der Waals surface area contributed by atoms with E-state index in [9.17, 15) is 0 Å². The first-order valence-corrected chi connectivity index (χ1v) is 8.57. The van der Waals surface area contributed by atoms with Crippen LogP contribution >= 0.6 is 0 Å². The lowest BCUT2D eigenvalue weighted by molar-refractivity contribution is 0.273. The molecule has 0 N–H and O–H groups in total. The van der Waals surface area contributed by atoms with E-state index in [2.05, 4.69) is 25.7 Å². The van der Waals surface area contributed by atoms with Crippen molar-refractivity contribution >= 4 is 0 Å². The lowest BCUT2D eigenvalue weighted by Gasteiger charge is -2.20. The van der Waals surface area contributed by atoms with Gasteiger partial charge in [0.05, 0.1) is 0 Å². The van der Waals surface area contributed by atoms with Gasteiger partial charge in [-0.05, 0) is 32.5 Å². The second-order valence-electron chi connectivity index (χ2n) is 5.62. The molecule has 1 nitrogen and oxygen atoms in total. The summed E-state index contributed by atoms with van der Waals surface area (Å²) in [6.07, 6.45) is 15.6. The third-order valence-electron chi connectivity index (χ3n) is 3.85. The molecule has 0 aliphatic heterocycles. The molecule has 0 fully saturated rings. The van der Waals surface area contributed by atoms with Crippen LogP contribution in [0.25, 0.3) is 0 Å². The first-order chi connectivity index (χ1) is 8.85. The number of unbranched alkanes of at least 4 members (excludes halogenated alkanes) is 9. The van der Waals surface area contributed by atoms with E-state index in [1.807, 2.05) is 0 Å². The van der Waals surface area contributed by atoms with E-state index in [1.54, 1.807) is 0 Å². The fourth-order valence-corrected chi connectivity index (χ4v) is 2.48. The third kappa shape index (κ3) is 12.4. The molecule has 0 unspecified atom stereocenters. The summed E-state index contributed by atoms with van der Waals surface area (Å²) in [6.45, 7) is 10.8. The smallest absolute Gasteiger partial charge is 0.00189 e. The van der Waals surface area contributed by atoms with Gasteiger partial charge in [-0.1, -0.05) is 78.6 Å². The number of hydrogen-bond acceptors (Lipinski definition) is 1. The third-order valence-corrected chi connectivity index (χ3v) is 3.85. The molecular formula is C17H37N. The van der Waals surface area contributed by atoms with Crippen molar-refractivity contribution in [3.63, 3.8) is 0 Å². The first-order valence-electron chi connectivity index (χ1n) is 8.57. The molecule has 0 spiro atoms. The maximum absolute atomic E-state index is 2.64. The number of rotatable bonds is 14. The molecule has 0 aromatic carbocycles. The van der Waals surface area contributed by atoms with E-state index in [0.29, 0.717) is 0 Å². The summed E-state index contributed by atoms with van der Waals surface area (Å²) in [5, 5.41) is 0. The first kappa shape index (κ1) is 18.0. The van der Waals surface area contributed by atoms with Crippen molar-refractivity contribution in [2.75, 3.05) is 19.6 Å². The summed E-state index contributed by atoms with van der Waals surface area (Å²) < 4.78 is 0. The maximum Gasteiger partial charge on any atom is -0.00189 e. The van der Waals surface area contributed by atoms with Gasteiger partial charge >= 0.3 is 0 Å². The van der Waals surface area contributed by atoms with Crippen molar-refractivity contribution < 1.29 is 0 Å². The van der Waals surface area contributed by atoms with Gasteiger partial charge in [-0.15, -0.1) is 0 Å². The molecule has 110 valence electrons. The molecule has 0 rings (SSSR count). The van der Waals surface area contributed by atoms with Crippen molar-refractivity contribution in [2.45, 2.75) is 91.4 Å². The highest BCUT2D eigenvalue weighted by molar-refractivity contribution is 4.57. The quantitative estimate of drug-likeness (QED) is 0.363. The van der Waals surface area contributed by atoms with Crippen LogP contribution in [0, 0.1) is 0 Å². The molecule has 0 bridgehead atoms. The Morgan fingerprint density at radius 2 is 0.889 bits per heavy atom. The molecule has 0 aliphatic carbocycles. The Bertz CT molecular complexity index is 145. The molecule has 0 radical (unpaired) electrons. The van der Waals surface area contributed by atoms with Gasteiger partial charge in [0.1, 0.15) is 0 Å². The Balaban J connectivity index is 3.29. The predicted octanol–water partition coefficient (Wildman–Crippen LogP) is 5.64. The second kappa shape index (κ2) is 15.0. The van der Waals surface area contributed by atoms with Crippen molar-refractivity contribution in [1.82, 2.24) is 4.90 Å². The molecule has 0 heterocycles. The van der Waals surface area contributed by atoms with E-state index in [1.165, 1.54) is 90.3 Å². The maximum atomic E-state index is 2.64. The van der Waals surface area contributed by atoms with Crippen LogP contribution in [0.1, 0.15) is 91.4 Å². The van der Waals surface area contributed by atoms with E-state index >= 15 is 0 Å². The molecule has 0 amide bonds. The van der Waals surface area contributed by atoms with Crippen LogP contribution in [0.4, 0.5) is 0 Å². The molecule has 0 aromatic heterocycles. The molecule has 0 saturated heterocycles. The zero-order valence-electron chi connectivity index (χ0n) is 13.3. The SMILES string of the molecule is CCCCCCCCN(CC)CCCCCCC. The standard InChI is InChI=1S/C17H37N/c1-4-7-9-11-13-15-17-18(6-3)16-14-12-10-8-5-2/h4-17H2,1-3H3. The van der Waals surface area contributed by atoms with Gasteiger partial charge in [0.15, 0.2) is 0 Å². The monoisotopic (exact) mass is 255 g/mol. The van der Waals surface area contributed by atoms with E-state index in [-0.39, 0.29) is 0 Å². The summed E-state index contributed by atoms with van der Waals surface area (Å²) in [4.78, 5) is 2.64. The van der Waals surface area contributed by atoms with Gasteiger partial charge in [0, 0.05) is 0 Å².